The lowest BCUT2D eigenvalue weighted by Crippen LogP contribution is -2.31. The van der Waals surface area contributed by atoms with Crippen molar-refractivity contribution in [2.75, 3.05) is 7.05 Å². The maximum absolute atomic E-state index is 12.8. The number of nitrogens with one attached hydrogen (secondary N) is 1. The van der Waals surface area contributed by atoms with Gasteiger partial charge in [0.1, 0.15) is 0 Å². The highest BCUT2D eigenvalue weighted by Gasteiger charge is 2.36. The minimum Gasteiger partial charge on any atom is -0.316 e. The first-order valence-corrected chi connectivity index (χ1v) is 5.70. The lowest BCUT2D eigenvalue weighted by molar-refractivity contribution is -0.138. The molecule has 94 valence electrons. The van der Waals surface area contributed by atoms with Crippen LogP contribution in [0.3, 0.4) is 0 Å². The van der Waals surface area contributed by atoms with E-state index in [1.54, 1.807) is 7.05 Å². The van der Waals surface area contributed by atoms with Crippen LogP contribution >= 0.6 is 0 Å². The topological polar surface area (TPSA) is 24.9 Å². The van der Waals surface area contributed by atoms with Crippen molar-refractivity contribution < 1.29 is 13.2 Å². The molecule has 1 aromatic rings. The number of rotatable bonds is 4. The van der Waals surface area contributed by atoms with Crippen LogP contribution in [0.4, 0.5) is 13.2 Å². The summed E-state index contributed by atoms with van der Waals surface area (Å²) in [5.41, 5.74) is -0.466. The molecule has 0 radical (unpaired) electrons. The molecule has 1 aliphatic carbocycles. The average Bonchev–Trinajstić information content (AvgIpc) is 3.09. The van der Waals surface area contributed by atoms with Crippen molar-refractivity contribution in [3.8, 4) is 0 Å². The van der Waals surface area contributed by atoms with Gasteiger partial charge in [0.15, 0.2) is 0 Å². The van der Waals surface area contributed by atoms with E-state index in [2.05, 4.69) is 10.3 Å². The van der Waals surface area contributed by atoms with E-state index in [-0.39, 0.29) is 11.7 Å². The summed E-state index contributed by atoms with van der Waals surface area (Å²) in [6.45, 7) is 0. The Bertz CT molecular complexity index is 386. The number of hydrogen-bond donors (Lipinski definition) is 1. The van der Waals surface area contributed by atoms with Crippen molar-refractivity contribution in [3.63, 3.8) is 0 Å². The van der Waals surface area contributed by atoms with E-state index >= 15 is 0 Å². The maximum atomic E-state index is 12.8. The molecule has 1 fully saturated rings. The van der Waals surface area contributed by atoms with Crippen LogP contribution in [-0.4, -0.2) is 18.1 Å². The Hall–Kier alpha value is -1.10. The molecule has 1 aliphatic rings. The van der Waals surface area contributed by atoms with Gasteiger partial charge in [-0.2, -0.15) is 13.2 Å². The highest BCUT2D eigenvalue weighted by molar-refractivity contribution is 5.24. The predicted molar refractivity (Wildman–Crippen MR) is 58.5 cm³/mol. The summed E-state index contributed by atoms with van der Waals surface area (Å²) in [5.74, 6) is 0.503. The van der Waals surface area contributed by atoms with Gasteiger partial charge in [-0.25, -0.2) is 0 Å². The number of alkyl halides is 3. The molecule has 1 N–H and O–H groups in total. The van der Waals surface area contributed by atoms with Crippen LogP contribution in [0.5, 0.6) is 0 Å². The van der Waals surface area contributed by atoms with Gasteiger partial charge in [0, 0.05) is 18.7 Å². The first-order valence-electron chi connectivity index (χ1n) is 5.70. The monoisotopic (exact) mass is 244 g/mol. The lowest BCUT2D eigenvalue weighted by atomic mass is 10.0. The predicted octanol–water partition coefficient (Wildman–Crippen LogP) is 2.64. The zero-order valence-electron chi connectivity index (χ0n) is 9.59. The van der Waals surface area contributed by atoms with Gasteiger partial charge in [0.05, 0.1) is 11.3 Å². The molecule has 0 bridgehead atoms. The smallest absolute Gasteiger partial charge is 0.316 e. The zero-order valence-corrected chi connectivity index (χ0v) is 9.59. The largest absolute Gasteiger partial charge is 0.418 e. The SMILES string of the molecule is CNC(Cc1ncccc1C(F)(F)F)C1CC1. The minimum atomic E-state index is -4.31. The Morgan fingerprint density at radius 3 is 2.71 bits per heavy atom. The number of halogens is 3. The van der Waals surface area contributed by atoms with Crippen LogP contribution in [0.25, 0.3) is 0 Å². The van der Waals surface area contributed by atoms with Crippen LogP contribution in [0.15, 0.2) is 18.3 Å². The average molecular weight is 244 g/mol. The van der Waals surface area contributed by atoms with E-state index in [9.17, 15) is 13.2 Å². The first kappa shape index (κ1) is 12.4. The molecule has 17 heavy (non-hydrogen) atoms. The van der Waals surface area contributed by atoms with E-state index in [0.717, 1.165) is 18.9 Å². The van der Waals surface area contributed by atoms with Gasteiger partial charge >= 0.3 is 6.18 Å². The maximum Gasteiger partial charge on any atom is 0.418 e. The first-order chi connectivity index (χ1) is 8.02. The Morgan fingerprint density at radius 1 is 1.47 bits per heavy atom. The van der Waals surface area contributed by atoms with Gasteiger partial charge in [-0.3, -0.25) is 4.98 Å². The van der Waals surface area contributed by atoms with Gasteiger partial charge in [-0.1, -0.05) is 0 Å². The summed E-state index contributed by atoms with van der Waals surface area (Å²) < 4.78 is 38.3. The number of aromatic nitrogens is 1. The van der Waals surface area contributed by atoms with E-state index in [1.807, 2.05) is 0 Å². The third-order valence-electron chi connectivity index (χ3n) is 3.17. The fourth-order valence-corrected chi connectivity index (χ4v) is 2.07. The lowest BCUT2D eigenvalue weighted by Gasteiger charge is -2.17. The zero-order chi connectivity index (χ0) is 12.5. The third-order valence-corrected chi connectivity index (χ3v) is 3.17. The van der Waals surface area contributed by atoms with Gasteiger partial charge in [-0.05, 0) is 37.9 Å². The minimum absolute atomic E-state index is 0.103. The van der Waals surface area contributed by atoms with Gasteiger partial charge < -0.3 is 5.32 Å². The molecule has 1 saturated carbocycles. The van der Waals surface area contributed by atoms with Crippen molar-refractivity contribution in [2.45, 2.75) is 31.5 Å². The molecule has 0 amide bonds. The molecule has 0 saturated heterocycles. The van der Waals surface area contributed by atoms with Crippen LogP contribution < -0.4 is 5.32 Å². The summed E-state index contributed by atoms with van der Waals surface area (Å²) in [6, 6.07) is 2.53. The molecule has 2 nitrogen and oxygen atoms in total. The molecule has 2 rings (SSSR count). The van der Waals surface area contributed by atoms with E-state index in [1.165, 1.54) is 12.3 Å². The molecule has 5 heteroatoms. The number of likely N-dealkylation sites (N-methyl/N-ethyl adjacent to an activating group) is 1. The van der Waals surface area contributed by atoms with Crippen LogP contribution in [0, 0.1) is 5.92 Å². The Morgan fingerprint density at radius 2 is 2.18 bits per heavy atom. The van der Waals surface area contributed by atoms with Crippen molar-refractivity contribution in [1.29, 1.82) is 0 Å². The number of pyridine rings is 1. The van der Waals surface area contributed by atoms with E-state index in [0.29, 0.717) is 12.3 Å². The second kappa shape index (κ2) is 4.64. The second-order valence-corrected chi connectivity index (χ2v) is 4.43. The highest BCUT2D eigenvalue weighted by atomic mass is 19.4. The van der Waals surface area contributed by atoms with E-state index < -0.39 is 11.7 Å². The molecule has 0 spiro atoms. The normalized spacial score (nSPS) is 18.1. The summed E-state index contributed by atoms with van der Waals surface area (Å²) in [5, 5.41) is 3.08. The quantitative estimate of drug-likeness (QED) is 0.880. The molecule has 1 unspecified atom stereocenters. The molecular formula is C12H15F3N2. The molecule has 0 aromatic carbocycles. The van der Waals surface area contributed by atoms with Crippen molar-refractivity contribution in [2.24, 2.45) is 5.92 Å². The van der Waals surface area contributed by atoms with Crippen molar-refractivity contribution in [3.05, 3.63) is 29.6 Å². The standard InChI is InChI=1S/C12H15F3N2/c1-16-10(8-4-5-8)7-11-9(12(13,14)15)3-2-6-17-11/h2-3,6,8,10,16H,4-5,7H2,1H3. The van der Waals surface area contributed by atoms with Crippen molar-refractivity contribution in [1.82, 2.24) is 10.3 Å². The van der Waals surface area contributed by atoms with Crippen LogP contribution in [0.2, 0.25) is 0 Å². The van der Waals surface area contributed by atoms with Gasteiger partial charge in [-0.15, -0.1) is 0 Å². The summed E-state index contributed by atoms with van der Waals surface area (Å²) >= 11 is 0. The van der Waals surface area contributed by atoms with Crippen molar-refractivity contribution >= 4 is 0 Å². The summed E-state index contributed by atoms with van der Waals surface area (Å²) in [6.07, 6.45) is -0.355. The van der Waals surface area contributed by atoms with E-state index in [4.69, 9.17) is 0 Å². The van der Waals surface area contributed by atoms with Crippen LogP contribution in [-0.2, 0) is 12.6 Å². The number of nitrogens with zero attached hydrogens (tertiary/aromatic N) is 1. The highest BCUT2D eigenvalue weighted by Crippen LogP contribution is 2.36. The number of hydrogen-bond acceptors (Lipinski definition) is 2. The molecule has 1 heterocycles. The molecular weight excluding hydrogens is 229 g/mol. The third kappa shape index (κ3) is 2.97. The van der Waals surface area contributed by atoms with Gasteiger partial charge in [0.25, 0.3) is 0 Å². The fraction of sp³-hybridized carbons (Fsp3) is 0.583. The van der Waals surface area contributed by atoms with Gasteiger partial charge in [0.2, 0.25) is 0 Å². The molecule has 0 aliphatic heterocycles. The summed E-state index contributed by atoms with van der Waals surface area (Å²) in [7, 11) is 1.79. The molecule has 1 aromatic heterocycles. The summed E-state index contributed by atoms with van der Waals surface area (Å²) in [4.78, 5) is 3.88. The molecule has 1 atom stereocenters. The Balaban J connectivity index is 2.19. The fourth-order valence-electron chi connectivity index (χ4n) is 2.07. The van der Waals surface area contributed by atoms with Crippen LogP contribution in [0.1, 0.15) is 24.1 Å². The Kier molecular flexibility index (Phi) is 3.38. The Labute approximate surface area is 98.2 Å². The second-order valence-electron chi connectivity index (χ2n) is 4.43.